The maximum absolute atomic E-state index is 4.29. The monoisotopic (exact) mass is 390 g/mol. The molecule has 0 fully saturated rings. The van der Waals surface area contributed by atoms with E-state index in [1.54, 1.807) is 0 Å². The van der Waals surface area contributed by atoms with Crippen molar-refractivity contribution in [3.8, 4) is 0 Å². The first kappa shape index (κ1) is 23.9. The first-order valence-electron chi connectivity index (χ1n) is 9.67. The van der Waals surface area contributed by atoms with Gasteiger partial charge in [-0.2, -0.15) is 0 Å². The van der Waals surface area contributed by atoms with E-state index in [9.17, 15) is 0 Å². The second-order valence-electron chi connectivity index (χ2n) is 7.96. The van der Waals surface area contributed by atoms with Crippen molar-refractivity contribution in [2.75, 3.05) is 0 Å². The fourth-order valence-corrected chi connectivity index (χ4v) is 3.46. The highest BCUT2D eigenvalue weighted by atomic mass is 31.1. The molecule has 0 aromatic heterocycles. The Morgan fingerprint density at radius 2 is 1.54 bits per heavy atom. The van der Waals surface area contributed by atoms with Gasteiger partial charge >= 0.3 is 0 Å². The van der Waals surface area contributed by atoms with Gasteiger partial charge in [0.25, 0.3) is 0 Å². The highest BCUT2D eigenvalue weighted by Crippen LogP contribution is 2.29. The maximum atomic E-state index is 4.29. The van der Waals surface area contributed by atoms with E-state index in [0.717, 1.165) is 22.0 Å². The number of hydrogen-bond donors (Lipinski definition) is 0. The van der Waals surface area contributed by atoms with Crippen LogP contribution in [0.1, 0.15) is 47.1 Å². The van der Waals surface area contributed by atoms with Gasteiger partial charge < -0.3 is 0 Å². The molecule has 1 unspecified atom stereocenters. The smallest absolute Gasteiger partial charge is 0.0132 e. The number of allylic oxidation sites excluding steroid dienone is 11. The average molecular weight is 391 g/mol. The van der Waals surface area contributed by atoms with Crippen molar-refractivity contribution in [2.24, 2.45) is 0 Å². The maximum Gasteiger partial charge on any atom is -0.0132 e. The Morgan fingerprint density at radius 3 is 2.04 bits per heavy atom. The third-order valence-corrected chi connectivity index (χ3v) is 5.94. The van der Waals surface area contributed by atoms with Gasteiger partial charge in [0, 0.05) is 0 Å². The van der Waals surface area contributed by atoms with Crippen LogP contribution in [0.5, 0.6) is 0 Å². The summed E-state index contributed by atoms with van der Waals surface area (Å²) in [5.41, 5.74) is 5.88. The van der Waals surface area contributed by atoms with E-state index in [4.69, 9.17) is 0 Å². The zero-order valence-electron chi connectivity index (χ0n) is 18.4. The topological polar surface area (TPSA) is 0 Å². The average Bonchev–Trinajstić information content (AvgIpc) is 2.65. The van der Waals surface area contributed by atoms with Crippen LogP contribution < -0.4 is 5.30 Å². The van der Waals surface area contributed by atoms with Gasteiger partial charge in [-0.05, 0) is 64.7 Å². The summed E-state index contributed by atoms with van der Waals surface area (Å²) in [6.07, 6.45) is 12.2. The highest BCUT2D eigenvalue weighted by molar-refractivity contribution is 7.52. The van der Waals surface area contributed by atoms with Crippen LogP contribution in [0.3, 0.4) is 0 Å². The van der Waals surface area contributed by atoms with Crippen LogP contribution in [0.25, 0.3) is 0 Å². The first-order chi connectivity index (χ1) is 13.1. The fourth-order valence-electron chi connectivity index (χ4n) is 2.50. The van der Waals surface area contributed by atoms with Gasteiger partial charge in [-0.15, -0.1) is 0 Å². The largest absolute Gasteiger partial charge is 0.0984 e. The molecule has 0 aliphatic rings. The molecule has 1 aromatic carbocycles. The summed E-state index contributed by atoms with van der Waals surface area (Å²) in [6.45, 7) is 25.3. The Labute approximate surface area is 174 Å². The molecule has 0 spiro atoms. The molecule has 0 saturated heterocycles. The molecule has 0 bridgehead atoms. The Balaban J connectivity index is 2.91. The number of benzene rings is 1. The Kier molecular flexibility index (Phi) is 9.36. The second kappa shape index (κ2) is 11.0. The lowest BCUT2D eigenvalue weighted by Gasteiger charge is -2.19. The van der Waals surface area contributed by atoms with Gasteiger partial charge in [0.2, 0.25) is 0 Å². The van der Waals surface area contributed by atoms with E-state index < -0.39 is 0 Å². The van der Waals surface area contributed by atoms with Gasteiger partial charge in [-0.1, -0.05) is 110 Å². The van der Waals surface area contributed by atoms with Gasteiger partial charge in [0.1, 0.15) is 0 Å². The molecule has 1 rings (SSSR count). The van der Waals surface area contributed by atoms with Crippen molar-refractivity contribution in [3.63, 3.8) is 0 Å². The van der Waals surface area contributed by atoms with Crippen molar-refractivity contribution >= 4 is 13.9 Å². The van der Waals surface area contributed by atoms with Crippen LogP contribution in [0, 0.1) is 0 Å². The third kappa shape index (κ3) is 7.45. The normalized spacial score (nSPS) is 14.1. The zero-order chi connectivity index (χ0) is 21.3. The quantitative estimate of drug-likeness (QED) is 0.312. The Morgan fingerprint density at radius 1 is 0.929 bits per heavy atom. The molecule has 0 aliphatic heterocycles. The van der Waals surface area contributed by atoms with Gasteiger partial charge in [-0.25, -0.2) is 0 Å². The van der Waals surface area contributed by atoms with Crippen molar-refractivity contribution in [1.29, 1.82) is 0 Å². The van der Waals surface area contributed by atoms with Gasteiger partial charge in [0.05, 0.1) is 0 Å². The van der Waals surface area contributed by atoms with Crippen LogP contribution in [0.4, 0.5) is 0 Å². The molecule has 0 amide bonds. The molecule has 0 N–H and O–H groups in total. The fraction of sp³-hybridized carbons (Fsp3) is 0.259. The van der Waals surface area contributed by atoms with E-state index >= 15 is 0 Å². The molecule has 0 nitrogen and oxygen atoms in total. The van der Waals surface area contributed by atoms with Crippen LogP contribution in [-0.2, 0) is 5.41 Å². The number of rotatable bonds is 8. The summed E-state index contributed by atoms with van der Waals surface area (Å²) in [7, 11) is 0.571. The van der Waals surface area contributed by atoms with Crippen molar-refractivity contribution in [3.05, 3.63) is 114 Å². The summed E-state index contributed by atoms with van der Waals surface area (Å²) in [6, 6.07) is 8.90. The standard InChI is InChI=1S/C27H35P/c1-10-12-13-20(3)22(5)24(11-2)15-14-21(4)23(6)28-26-18-16-25(17-19-26)27(7,8)9/h10-19,28H,2,5-6H2,1,3-4,7-9H3/b12-10-,20-13-,21-14+,24-15+. The SMILES string of the molecule is C=C/C(=C\C=C(/C)C(=C)Pc1ccc(C(C)(C)C)cc1)C(=C)/C(C)=C\C=C/C. The minimum Gasteiger partial charge on any atom is -0.0984 e. The molecule has 1 aromatic rings. The molecular weight excluding hydrogens is 355 g/mol. The van der Waals surface area contributed by atoms with Crippen LogP contribution in [-0.4, -0.2) is 0 Å². The molecule has 0 radical (unpaired) electrons. The van der Waals surface area contributed by atoms with Crippen LogP contribution in [0.15, 0.2) is 108 Å². The molecule has 28 heavy (non-hydrogen) atoms. The van der Waals surface area contributed by atoms with Crippen LogP contribution >= 0.6 is 8.58 Å². The van der Waals surface area contributed by atoms with Crippen LogP contribution in [0.2, 0.25) is 0 Å². The summed E-state index contributed by atoms with van der Waals surface area (Å²) >= 11 is 0. The Bertz CT molecular complexity index is 831. The minimum atomic E-state index is 0.183. The van der Waals surface area contributed by atoms with Crippen molar-refractivity contribution < 1.29 is 0 Å². The lowest BCUT2D eigenvalue weighted by atomic mass is 9.87. The third-order valence-electron chi connectivity index (χ3n) is 4.62. The lowest BCUT2D eigenvalue weighted by molar-refractivity contribution is 0.590. The molecular formula is C27H35P. The summed E-state index contributed by atoms with van der Waals surface area (Å²) in [4.78, 5) is 0. The first-order valence-corrected chi connectivity index (χ1v) is 10.7. The predicted octanol–water partition coefficient (Wildman–Crippen LogP) is 7.94. The molecule has 1 heteroatoms. The minimum absolute atomic E-state index is 0.183. The molecule has 148 valence electrons. The van der Waals surface area contributed by atoms with E-state index in [-0.39, 0.29) is 5.41 Å². The summed E-state index contributed by atoms with van der Waals surface area (Å²) < 4.78 is 0. The zero-order valence-corrected chi connectivity index (χ0v) is 19.4. The predicted molar refractivity (Wildman–Crippen MR) is 132 cm³/mol. The van der Waals surface area contributed by atoms with Crippen molar-refractivity contribution in [2.45, 2.75) is 47.0 Å². The highest BCUT2D eigenvalue weighted by Gasteiger charge is 2.13. The van der Waals surface area contributed by atoms with E-state index in [0.29, 0.717) is 8.58 Å². The van der Waals surface area contributed by atoms with E-state index in [1.807, 2.05) is 25.2 Å². The van der Waals surface area contributed by atoms with E-state index in [1.165, 1.54) is 16.4 Å². The Hall–Kier alpha value is -2.17. The lowest BCUT2D eigenvalue weighted by Crippen LogP contribution is -2.11. The van der Waals surface area contributed by atoms with Gasteiger partial charge in [0.15, 0.2) is 0 Å². The second-order valence-corrected chi connectivity index (χ2v) is 9.39. The summed E-state index contributed by atoms with van der Waals surface area (Å²) in [5.74, 6) is 0. The molecule has 1 atom stereocenters. The van der Waals surface area contributed by atoms with Crippen molar-refractivity contribution in [1.82, 2.24) is 0 Å². The summed E-state index contributed by atoms with van der Waals surface area (Å²) in [5, 5.41) is 2.46. The number of hydrogen-bond acceptors (Lipinski definition) is 0. The molecule has 0 aliphatic carbocycles. The molecule has 0 heterocycles. The molecule has 0 saturated carbocycles. The van der Waals surface area contributed by atoms with E-state index in [2.05, 4.69) is 96.8 Å². The van der Waals surface area contributed by atoms with Gasteiger partial charge in [-0.3, -0.25) is 0 Å².